The van der Waals surface area contributed by atoms with Gasteiger partial charge in [-0.3, -0.25) is 4.99 Å². The van der Waals surface area contributed by atoms with Gasteiger partial charge in [-0.25, -0.2) is 0 Å². The van der Waals surface area contributed by atoms with E-state index in [-0.39, 0.29) is 0 Å². The first-order valence-corrected chi connectivity index (χ1v) is 10.2. The molecule has 1 aliphatic rings. The monoisotopic (exact) mass is 376 g/mol. The van der Waals surface area contributed by atoms with Crippen LogP contribution in [0, 0.1) is 0 Å². The Hall–Kier alpha value is -1.79. The molecule has 0 heterocycles. The number of benzene rings is 1. The smallest absolute Gasteiger partial charge is 0.195 e. The fraction of sp³-hybridized carbons (Fsp3) is 0.667. The summed E-state index contributed by atoms with van der Waals surface area (Å²) in [6.07, 6.45) is 6.27. The third-order valence-electron chi connectivity index (χ3n) is 4.87. The lowest BCUT2D eigenvalue weighted by atomic mass is 10.2. The largest absolute Gasteiger partial charge is 0.493 e. The zero-order valence-corrected chi connectivity index (χ0v) is 17.2. The van der Waals surface area contributed by atoms with Crippen LogP contribution in [0.1, 0.15) is 39.0 Å². The molecular weight excluding hydrogens is 340 g/mol. The van der Waals surface area contributed by atoms with Crippen molar-refractivity contribution in [3.63, 3.8) is 0 Å². The molecule has 0 aliphatic heterocycles. The van der Waals surface area contributed by atoms with E-state index >= 15 is 0 Å². The summed E-state index contributed by atoms with van der Waals surface area (Å²) in [6, 6.07) is 8.73. The van der Waals surface area contributed by atoms with Crippen LogP contribution in [0.5, 0.6) is 5.75 Å². The van der Waals surface area contributed by atoms with E-state index in [9.17, 15) is 0 Å². The van der Waals surface area contributed by atoms with Crippen LogP contribution >= 0.6 is 0 Å². The second-order valence-electron chi connectivity index (χ2n) is 7.03. The van der Waals surface area contributed by atoms with E-state index < -0.39 is 0 Å². The summed E-state index contributed by atoms with van der Waals surface area (Å²) in [7, 11) is 3.92. The lowest BCUT2D eigenvalue weighted by molar-refractivity contribution is 0.172. The van der Waals surface area contributed by atoms with Crippen LogP contribution < -0.4 is 15.4 Å². The molecule has 0 atom stereocenters. The molecule has 1 aromatic carbocycles. The summed E-state index contributed by atoms with van der Waals surface area (Å²) in [4.78, 5) is 7.18. The van der Waals surface area contributed by atoms with Gasteiger partial charge < -0.3 is 25.0 Å². The second kappa shape index (κ2) is 12.6. The number of rotatable bonds is 11. The molecule has 6 heteroatoms. The Balaban J connectivity index is 1.84. The summed E-state index contributed by atoms with van der Waals surface area (Å²) in [5.41, 5.74) is 0.975. The van der Waals surface area contributed by atoms with Crippen molar-refractivity contribution < 1.29 is 9.47 Å². The first kappa shape index (κ1) is 21.5. The fourth-order valence-electron chi connectivity index (χ4n) is 3.35. The van der Waals surface area contributed by atoms with Crippen LogP contribution in [0.3, 0.4) is 0 Å². The Labute approximate surface area is 164 Å². The van der Waals surface area contributed by atoms with Crippen LogP contribution in [0.25, 0.3) is 0 Å². The van der Waals surface area contributed by atoms with Gasteiger partial charge in [-0.1, -0.05) is 18.9 Å². The molecule has 1 saturated carbocycles. The molecular formula is C21H36N4O2. The quantitative estimate of drug-likeness (QED) is 0.352. The number of aliphatic imine (C=N–C) groups is 1. The van der Waals surface area contributed by atoms with Crippen molar-refractivity contribution >= 4 is 11.6 Å². The number of hydrogen-bond acceptors (Lipinski definition) is 4. The van der Waals surface area contributed by atoms with Crippen molar-refractivity contribution in [2.75, 3.05) is 52.3 Å². The maximum atomic E-state index is 5.77. The van der Waals surface area contributed by atoms with E-state index in [1.807, 2.05) is 24.3 Å². The van der Waals surface area contributed by atoms with E-state index in [1.54, 1.807) is 7.11 Å². The third kappa shape index (κ3) is 8.18. The Morgan fingerprint density at radius 1 is 1.26 bits per heavy atom. The van der Waals surface area contributed by atoms with Crippen molar-refractivity contribution in [3.05, 3.63) is 24.3 Å². The van der Waals surface area contributed by atoms with Crippen LogP contribution in [-0.4, -0.2) is 63.9 Å². The van der Waals surface area contributed by atoms with Gasteiger partial charge in [0.1, 0.15) is 5.75 Å². The highest BCUT2D eigenvalue weighted by Crippen LogP contribution is 2.22. The molecule has 0 spiro atoms. The van der Waals surface area contributed by atoms with Gasteiger partial charge in [0, 0.05) is 51.0 Å². The number of nitrogens with one attached hydrogen (secondary N) is 2. The molecule has 0 amide bonds. The van der Waals surface area contributed by atoms with Crippen LogP contribution in [0.15, 0.2) is 29.3 Å². The normalized spacial score (nSPS) is 15.3. The number of nitrogens with zero attached hydrogens (tertiary/aromatic N) is 2. The van der Waals surface area contributed by atoms with Crippen LogP contribution in [0.4, 0.5) is 5.69 Å². The van der Waals surface area contributed by atoms with Crippen molar-refractivity contribution in [2.45, 2.75) is 45.1 Å². The van der Waals surface area contributed by atoms with Crippen LogP contribution in [-0.2, 0) is 4.74 Å². The van der Waals surface area contributed by atoms with E-state index in [1.165, 1.54) is 25.7 Å². The molecule has 0 aromatic heterocycles. The topological polar surface area (TPSA) is 58.1 Å². The zero-order chi connectivity index (χ0) is 19.3. The first-order valence-electron chi connectivity index (χ1n) is 10.2. The molecule has 2 rings (SSSR count). The average Bonchev–Trinajstić information content (AvgIpc) is 3.21. The SMILES string of the molecule is CCNC(=NCCN(C)C1CCCC1)Nc1cccc(OCCCOC)c1. The highest BCUT2D eigenvalue weighted by molar-refractivity contribution is 5.93. The van der Waals surface area contributed by atoms with E-state index in [2.05, 4.69) is 29.5 Å². The maximum absolute atomic E-state index is 5.77. The number of ether oxygens (including phenoxy) is 2. The minimum absolute atomic E-state index is 0.652. The van der Waals surface area contributed by atoms with Gasteiger partial charge in [0.25, 0.3) is 0 Å². The second-order valence-corrected chi connectivity index (χ2v) is 7.03. The van der Waals surface area contributed by atoms with Gasteiger partial charge >= 0.3 is 0 Å². The maximum Gasteiger partial charge on any atom is 0.195 e. The standard InChI is InChI=1S/C21H36N4O2/c1-4-22-21(23-13-14-25(2)19-10-5-6-11-19)24-18-9-7-12-20(17-18)27-16-8-15-26-3/h7,9,12,17,19H,4-6,8,10-11,13-16H2,1-3H3,(H2,22,23,24). The zero-order valence-electron chi connectivity index (χ0n) is 17.2. The van der Waals surface area contributed by atoms with Gasteiger partial charge in [-0.05, 0) is 38.9 Å². The Morgan fingerprint density at radius 3 is 2.81 bits per heavy atom. The number of guanidine groups is 1. The predicted molar refractivity (Wildman–Crippen MR) is 113 cm³/mol. The lowest BCUT2D eigenvalue weighted by Crippen LogP contribution is -2.34. The van der Waals surface area contributed by atoms with Gasteiger partial charge in [0.2, 0.25) is 0 Å². The highest BCUT2D eigenvalue weighted by atomic mass is 16.5. The van der Waals surface area contributed by atoms with Crippen molar-refractivity contribution in [1.82, 2.24) is 10.2 Å². The third-order valence-corrected chi connectivity index (χ3v) is 4.87. The van der Waals surface area contributed by atoms with E-state index in [0.29, 0.717) is 13.2 Å². The van der Waals surface area contributed by atoms with Crippen LogP contribution in [0.2, 0.25) is 0 Å². The molecule has 1 aliphatic carbocycles. The molecule has 1 aromatic rings. The molecule has 0 bridgehead atoms. The summed E-state index contributed by atoms with van der Waals surface area (Å²) in [6.45, 7) is 6.05. The minimum atomic E-state index is 0.652. The molecule has 0 unspecified atom stereocenters. The highest BCUT2D eigenvalue weighted by Gasteiger charge is 2.18. The molecule has 0 radical (unpaired) electrons. The number of likely N-dealkylation sites (N-methyl/N-ethyl adjacent to an activating group) is 1. The van der Waals surface area contributed by atoms with Crippen molar-refractivity contribution in [2.24, 2.45) is 4.99 Å². The first-order chi connectivity index (χ1) is 13.2. The van der Waals surface area contributed by atoms with Gasteiger partial charge in [0.05, 0.1) is 13.2 Å². The fourth-order valence-corrected chi connectivity index (χ4v) is 3.35. The number of anilines is 1. The number of methoxy groups -OCH3 is 1. The molecule has 6 nitrogen and oxygen atoms in total. The molecule has 2 N–H and O–H groups in total. The summed E-state index contributed by atoms with van der Waals surface area (Å²) in [5.74, 6) is 1.67. The predicted octanol–water partition coefficient (Wildman–Crippen LogP) is 3.35. The average molecular weight is 377 g/mol. The van der Waals surface area contributed by atoms with Gasteiger partial charge in [0.15, 0.2) is 5.96 Å². The Morgan fingerprint density at radius 2 is 2.07 bits per heavy atom. The molecule has 152 valence electrons. The van der Waals surface area contributed by atoms with E-state index in [0.717, 1.165) is 49.5 Å². The van der Waals surface area contributed by atoms with E-state index in [4.69, 9.17) is 14.5 Å². The summed E-state index contributed by atoms with van der Waals surface area (Å²) >= 11 is 0. The van der Waals surface area contributed by atoms with Gasteiger partial charge in [-0.2, -0.15) is 0 Å². The number of hydrogen-bond donors (Lipinski definition) is 2. The van der Waals surface area contributed by atoms with Crippen molar-refractivity contribution in [1.29, 1.82) is 0 Å². The molecule has 27 heavy (non-hydrogen) atoms. The molecule has 1 fully saturated rings. The Bertz CT molecular complexity index is 559. The summed E-state index contributed by atoms with van der Waals surface area (Å²) in [5, 5.41) is 6.70. The van der Waals surface area contributed by atoms with Gasteiger partial charge in [-0.15, -0.1) is 0 Å². The lowest BCUT2D eigenvalue weighted by Gasteiger charge is -2.23. The Kier molecular flexibility index (Phi) is 10.0. The summed E-state index contributed by atoms with van der Waals surface area (Å²) < 4.78 is 10.8. The minimum Gasteiger partial charge on any atom is -0.493 e. The van der Waals surface area contributed by atoms with Crippen molar-refractivity contribution in [3.8, 4) is 5.75 Å². The molecule has 0 saturated heterocycles.